The molecule has 0 fully saturated rings. The molecule has 0 saturated heterocycles. The van der Waals surface area contributed by atoms with Gasteiger partial charge in [0.05, 0.1) is 19.8 Å². The normalized spacial score (nSPS) is 13.8. The molecule has 0 aliphatic heterocycles. The number of carbonyl (C=O) groups is 3. The highest BCUT2D eigenvalue weighted by atomic mass is 31.2. The van der Waals surface area contributed by atoms with Gasteiger partial charge in [0.2, 0.25) is 0 Å². The Bertz CT molecular complexity index is 1700. The van der Waals surface area contributed by atoms with Crippen LogP contribution in [0.5, 0.6) is 0 Å². The minimum absolute atomic E-state index is 0.147. The van der Waals surface area contributed by atoms with Crippen LogP contribution in [-0.2, 0) is 42.2 Å². The lowest BCUT2D eigenvalue weighted by molar-refractivity contribution is -0.161. The zero-order valence-electron chi connectivity index (χ0n) is 52.7. The second-order valence-electron chi connectivity index (χ2n) is 22.3. The fraction of sp³-hybridized carbons (Fsp3) is 0.757. The number of allylic oxidation sites excluding steroid dienone is 14. The average Bonchev–Trinajstić information content (AvgIpc) is 3.49. The quantitative estimate of drug-likeness (QED) is 0.0197. The molecule has 11 nitrogen and oxygen atoms in total. The van der Waals surface area contributed by atoms with Crippen LogP contribution in [0.4, 0.5) is 0 Å². The molecule has 2 N–H and O–H groups in total. The summed E-state index contributed by atoms with van der Waals surface area (Å²) in [7, 11) is -4.77. The van der Waals surface area contributed by atoms with Gasteiger partial charge in [0, 0.05) is 19.3 Å². The maximum Gasteiger partial charge on any atom is 0.472 e. The van der Waals surface area contributed by atoms with Crippen LogP contribution in [-0.4, -0.2) is 66.5 Å². The minimum atomic E-state index is -4.77. The van der Waals surface area contributed by atoms with Gasteiger partial charge in [0.15, 0.2) is 6.10 Å². The van der Waals surface area contributed by atoms with Crippen LogP contribution in [0.25, 0.3) is 0 Å². The Labute approximate surface area is 502 Å². The summed E-state index contributed by atoms with van der Waals surface area (Å²) in [6, 6.07) is 0. The second-order valence-corrected chi connectivity index (χ2v) is 23.7. The molecule has 0 spiro atoms. The van der Waals surface area contributed by atoms with Crippen molar-refractivity contribution in [3.8, 4) is 0 Å². The molecule has 0 radical (unpaired) electrons. The summed E-state index contributed by atoms with van der Waals surface area (Å²) < 4.78 is 39.7. The van der Waals surface area contributed by atoms with E-state index in [1.807, 2.05) is 0 Å². The van der Waals surface area contributed by atoms with Crippen molar-refractivity contribution in [2.75, 3.05) is 26.4 Å². The van der Waals surface area contributed by atoms with Crippen LogP contribution in [0.3, 0.4) is 0 Å². The van der Waals surface area contributed by atoms with Crippen LogP contribution >= 0.6 is 7.82 Å². The van der Waals surface area contributed by atoms with E-state index in [9.17, 15) is 28.9 Å². The number of unbranched alkanes of at least 4 members (excludes halogenated alkanes) is 31. The van der Waals surface area contributed by atoms with Gasteiger partial charge in [-0.05, 0) is 96.3 Å². The van der Waals surface area contributed by atoms with Gasteiger partial charge in [-0.25, -0.2) is 4.57 Å². The molecule has 0 rings (SSSR count). The maximum atomic E-state index is 13.0. The molecule has 3 unspecified atom stereocenters. The zero-order valence-corrected chi connectivity index (χ0v) is 53.6. The van der Waals surface area contributed by atoms with Crippen molar-refractivity contribution < 1.29 is 52.2 Å². The first kappa shape index (κ1) is 78.7. The van der Waals surface area contributed by atoms with Crippen LogP contribution in [0.2, 0.25) is 0 Å². The fourth-order valence-corrected chi connectivity index (χ4v) is 10.0. The van der Waals surface area contributed by atoms with Gasteiger partial charge in [-0.3, -0.25) is 23.4 Å². The van der Waals surface area contributed by atoms with E-state index in [0.717, 1.165) is 122 Å². The molecule has 3 atom stereocenters. The standard InChI is InChI=1S/C70H123O11P/c1-4-7-10-13-16-19-22-25-28-31-33-36-38-41-44-47-50-53-56-59-68(72)77-63-67(81-70(74)61-58-55-52-49-46-43-40-37-34-32-29-26-23-20-17-14-11-8-5-2)65-79-82(75,76)78-64-66(62-71)80-69(73)60-57-54-51-48-45-42-39-35-30-27-24-21-18-15-12-9-6-3/h9,12,16,18-19,21,25,27-28,30,33,36,39,42,66-67,71H,4-8,10-11,13-15,17,20,22-24,26,29,31-32,34-35,37-38,40-41,43-65H2,1-3H3,(H,75,76)/b12-9-,19-16-,21-18-,28-25-,30-27-,36-33-,42-39-. The van der Waals surface area contributed by atoms with Gasteiger partial charge >= 0.3 is 25.7 Å². The smallest absolute Gasteiger partial charge is 0.462 e. The van der Waals surface area contributed by atoms with Gasteiger partial charge in [0.25, 0.3) is 0 Å². The number of rotatable bonds is 62. The van der Waals surface area contributed by atoms with Gasteiger partial charge < -0.3 is 24.2 Å². The minimum Gasteiger partial charge on any atom is -0.462 e. The van der Waals surface area contributed by atoms with Crippen LogP contribution in [0, 0.1) is 0 Å². The molecule has 12 heteroatoms. The highest BCUT2D eigenvalue weighted by molar-refractivity contribution is 7.47. The van der Waals surface area contributed by atoms with E-state index in [1.165, 1.54) is 122 Å². The molecular weight excluding hydrogens is 1050 g/mol. The van der Waals surface area contributed by atoms with E-state index in [1.54, 1.807) is 0 Å². The lowest BCUT2D eigenvalue weighted by Gasteiger charge is -2.21. The van der Waals surface area contributed by atoms with E-state index < -0.39 is 57.8 Å². The third-order valence-corrected chi connectivity index (χ3v) is 15.3. The summed E-state index contributed by atoms with van der Waals surface area (Å²) in [6.07, 6.45) is 75.3. The van der Waals surface area contributed by atoms with E-state index in [4.69, 9.17) is 23.3 Å². The molecule has 0 amide bonds. The van der Waals surface area contributed by atoms with E-state index in [-0.39, 0.29) is 25.9 Å². The molecule has 474 valence electrons. The van der Waals surface area contributed by atoms with Crippen molar-refractivity contribution in [1.82, 2.24) is 0 Å². The topological polar surface area (TPSA) is 155 Å². The summed E-state index contributed by atoms with van der Waals surface area (Å²) in [6.45, 7) is 4.52. The molecule has 82 heavy (non-hydrogen) atoms. The SMILES string of the molecule is CC/C=C\C/C=C\C/C=C\C/C=C\CCCCCCC(=O)OC(CO)COP(=O)(O)OCC(COC(=O)CCCCCCCC/C=C\C/C=C\C/C=C\CCCCC)OC(=O)CCCCCCCCCCCCCCCCCCCCC. The van der Waals surface area contributed by atoms with Crippen molar-refractivity contribution in [2.45, 2.75) is 315 Å². The number of ether oxygens (including phenoxy) is 3. The first-order valence-electron chi connectivity index (χ1n) is 33.5. The van der Waals surface area contributed by atoms with E-state index >= 15 is 0 Å². The number of hydrogen-bond acceptors (Lipinski definition) is 10. The number of carbonyl (C=O) groups excluding carboxylic acids is 3. The van der Waals surface area contributed by atoms with Crippen molar-refractivity contribution in [3.05, 3.63) is 85.1 Å². The number of aliphatic hydroxyl groups is 1. The lowest BCUT2D eigenvalue weighted by atomic mass is 10.0. The van der Waals surface area contributed by atoms with Crippen molar-refractivity contribution in [2.24, 2.45) is 0 Å². The fourth-order valence-electron chi connectivity index (χ4n) is 9.24. The van der Waals surface area contributed by atoms with Gasteiger partial charge in [-0.15, -0.1) is 0 Å². The molecule has 0 aromatic heterocycles. The molecule has 0 bridgehead atoms. The second kappa shape index (κ2) is 63.7. The molecule has 0 aromatic rings. The van der Waals surface area contributed by atoms with Crippen LogP contribution in [0.1, 0.15) is 303 Å². The van der Waals surface area contributed by atoms with Crippen molar-refractivity contribution in [1.29, 1.82) is 0 Å². The molecule has 0 saturated carbocycles. The summed E-state index contributed by atoms with van der Waals surface area (Å²) >= 11 is 0. The highest BCUT2D eigenvalue weighted by Crippen LogP contribution is 2.43. The average molecular weight is 1170 g/mol. The summed E-state index contributed by atoms with van der Waals surface area (Å²) in [5, 5.41) is 9.86. The van der Waals surface area contributed by atoms with Crippen LogP contribution in [0.15, 0.2) is 85.1 Å². The highest BCUT2D eigenvalue weighted by Gasteiger charge is 2.28. The predicted octanol–water partition coefficient (Wildman–Crippen LogP) is 20.6. The zero-order chi connectivity index (χ0) is 59.8. The summed E-state index contributed by atoms with van der Waals surface area (Å²) in [5.74, 6) is -1.49. The third kappa shape index (κ3) is 61.2. The van der Waals surface area contributed by atoms with Crippen LogP contribution < -0.4 is 0 Å². The molecule has 0 heterocycles. The summed E-state index contributed by atoms with van der Waals surface area (Å²) in [4.78, 5) is 48.8. The number of esters is 3. The Morgan fingerprint density at radius 3 is 1.00 bits per heavy atom. The Kier molecular flexibility index (Phi) is 61.1. The molecule has 0 aromatic carbocycles. The van der Waals surface area contributed by atoms with Gasteiger partial charge in [0.1, 0.15) is 12.7 Å². The number of aliphatic hydroxyl groups excluding tert-OH is 1. The maximum absolute atomic E-state index is 13.0. The Morgan fingerprint density at radius 1 is 0.354 bits per heavy atom. The lowest BCUT2D eigenvalue weighted by Crippen LogP contribution is -2.30. The Balaban J connectivity index is 4.73. The molecular formula is C70H123O11P. The number of phosphoric ester groups is 1. The Hall–Kier alpha value is -3.34. The van der Waals surface area contributed by atoms with Crippen molar-refractivity contribution >= 4 is 25.7 Å². The number of phosphoric acid groups is 1. The van der Waals surface area contributed by atoms with E-state index in [0.29, 0.717) is 19.3 Å². The van der Waals surface area contributed by atoms with E-state index in [2.05, 4.69) is 106 Å². The Morgan fingerprint density at radius 2 is 0.634 bits per heavy atom. The summed E-state index contributed by atoms with van der Waals surface area (Å²) in [5.41, 5.74) is 0. The number of hydrogen-bond donors (Lipinski definition) is 2. The van der Waals surface area contributed by atoms with Gasteiger partial charge in [-0.2, -0.15) is 0 Å². The van der Waals surface area contributed by atoms with Gasteiger partial charge in [-0.1, -0.05) is 273 Å². The largest absolute Gasteiger partial charge is 0.472 e. The predicted molar refractivity (Wildman–Crippen MR) is 344 cm³/mol. The monoisotopic (exact) mass is 1170 g/mol. The third-order valence-electron chi connectivity index (χ3n) is 14.3. The first-order chi connectivity index (χ1) is 40.2. The van der Waals surface area contributed by atoms with Crippen molar-refractivity contribution in [3.63, 3.8) is 0 Å². The molecule has 0 aliphatic rings. The molecule has 0 aliphatic carbocycles. The first-order valence-corrected chi connectivity index (χ1v) is 35.0.